The van der Waals surface area contributed by atoms with Crippen molar-refractivity contribution >= 4 is 71.6 Å². The van der Waals surface area contributed by atoms with Crippen LogP contribution in [0.4, 0.5) is 52.7 Å². The second-order valence-electron chi connectivity index (χ2n) is 29.7. The second kappa shape index (κ2) is 116. The Bertz CT molecular complexity index is 3530. The topological polar surface area (TPSA) is 628 Å². The molecule has 852 valence electrons. The molecule has 0 unspecified atom stereocenters. The van der Waals surface area contributed by atoms with Crippen LogP contribution in [0.3, 0.4) is 0 Å². The van der Waals surface area contributed by atoms with E-state index in [1.807, 2.05) is 0 Å². The van der Waals surface area contributed by atoms with Gasteiger partial charge in [0.2, 0.25) is 0 Å². The van der Waals surface area contributed by atoms with Gasteiger partial charge >= 0.3 is 96.3 Å². The number of unbranched alkanes of at least 4 members (excludes halogenated alkanes) is 18. The van der Waals surface area contributed by atoms with E-state index in [-0.39, 0.29) is 80.7 Å². The van der Waals surface area contributed by atoms with Crippen molar-refractivity contribution in [3.63, 3.8) is 0 Å². The first-order chi connectivity index (χ1) is 68.5. The summed E-state index contributed by atoms with van der Waals surface area (Å²) in [6.07, 6.45) is 11.2. The molecule has 0 rings (SSSR count). The summed E-state index contributed by atoms with van der Waals surface area (Å²) >= 11 is 0. The lowest BCUT2D eigenvalue weighted by Gasteiger charge is -2.09. The van der Waals surface area contributed by atoms with Crippen LogP contribution in [0.5, 0.6) is 0 Å². The highest BCUT2D eigenvalue weighted by molar-refractivity contribution is 5.91. The van der Waals surface area contributed by atoms with Crippen LogP contribution in [0, 0.1) is 0 Å². The Morgan fingerprint density at radius 3 is 0.411 bits per heavy atom. The predicted octanol–water partition coefficient (Wildman–Crippen LogP) is 13.1. The lowest BCUT2D eigenvalue weighted by Crippen LogP contribution is -2.21. The molecule has 0 spiro atoms. The highest BCUT2D eigenvalue weighted by Crippen LogP contribution is 2.28. The summed E-state index contributed by atoms with van der Waals surface area (Å²) in [4.78, 5) is 128. The van der Waals surface area contributed by atoms with E-state index in [2.05, 4.69) is 107 Å². The van der Waals surface area contributed by atoms with Gasteiger partial charge in [-0.1, -0.05) is 117 Å². The van der Waals surface area contributed by atoms with Gasteiger partial charge in [0.05, 0.1) is 79.3 Å². The average molecular weight is 2130 g/mol. The van der Waals surface area contributed by atoms with Crippen molar-refractivity contribution in [1.29, 1.82) is 0 Å². The minimum absolute atomic E-state index is 0.0154. The van der Waals surface area contributed by atoms with Crippen LogP contribution in [0.1, 0.15) is 220 Å². The van der Waals surface area contributed by atoms with Crippen LogP contribution in [0.2, 0.25) is 0 Å². The number of hydrogen-bond acceptors (Lipinski definition) is 36. The Morgan fingerprint density at radius 2 is 0.281 bits per heavy atom. The summed E-state index contributed by atoms with van der Waals surface area (Å²) in [5.41, 5.74) is 58.5. The first kappa shape index (κ1) is 160. The zero-order valence-electron chi connectivity index (χ0n) is 86.2. The third kappa shape index (κ3) is 135. The van der Waals surface area contributed by atoms with Crippen LogP contribution < -0.4 is 68.8 Å². The number of alkyl halides is 12. The van der Waals surface area contributed by atoms with Gasteiger partial charge in [-0.3, -0.25) is 0 Å². The Kier molecular flexibility index (Phi) is 128. The minimum atomic E-state index is -4.72. The molecule has 48 heteroatoms. The number of ether oxygens (including phenoxy) is 12. The molecule has 0 amide bonds. The van der Waals surface area contributed by atoms with Crippen molar-refractivity contribution < 1.29 is 167 Å². The summed E-state index contributed by atoms with van der Waals surface area (Å²) in [6, 6.07) is 0. The van der Waals surface area contributed by atoms with E-state index in [0.717, 1.165) is 173 Å². The number of hydrogen-bond donors (Lipinski definition) is 12. The van der Waals surface area contributed by atoms with Crippen molar-refractivity contribution in [2.24, 2.45) is 68.8 Å². The van der Waals surface area contributed by atoms with Crippen LogP contribution in [0.25, 0.3) is 0 Å². The van der Waals surface area contributed by atoms with E-state index in [9.17, 15) is 110 Å². The molecule has 24 N–H and O–H groups in total. The van der Waals surface area contributed by atoms with Gasteiger partial charge in [0.15, 0.2) is 0 Å². The fraction of sp³-hybridized carbons (Fsp3) is 0.633. The van der Waals surface area contributed by atoms with Crippen molar-refractivity contribution in [2.45, 2.75) is 245 Å². The highest BCUT2D eigenvalue weighted by Gasteiger charge is 2.40. The van der Waals surface area contributed by atoms with Gasteiger partial charge in [0.1, 0.15) is 22.3 Å². The molecule has 0 fully saturated rings. The third-order valence-corrected chi connectivity index (χ3v) is 15.9. The summed E-state index contributed by atoms with van der Waals surface area (Å²) < 4.78 is 198. The monoisotopic (exact) mass is 2130 g/mol. The van der Waals surface area contributed by atoms with E-state index >= 15 is 0 Å². The number of esters is 12. The maximum Gasteiger partial charge on any atom is 0.422 e. The van der Waals surface area contributed by atoms with Crippen LogP contribution in [-0.2, 0) is 114 Å². The lowest BCUT2D eigenvalue weighted by atomic mass is 10.2. The number of halogens is 12. The van der Waals surface area contributed by atoms with Crippen molar-refractivity contribution in [3.8, 4) is 0 Å². The number of nitrogens with two attached hydrogens (primary N) is 12. The summed E-state index contributed by atoms with van der Waals surface area (Å²) in [5, 5.41) is 0. The molecule has 0 heterocycles. The molecule has 0 aliphatic heterocycles. The van der Waals surface area contributed by atoms with Crippen molar-refractivity contribution in [2.75, 3.05) is 158 Å². The SMILES string of the molecule is C=C(C(=O)OCCCCCCN)C(F)(F)F.C=C(C(=O)OCCCCCN)C(F)(F)F.C=C(C(=O)OCCCCN)C(F)(F)F.C=C(C(=O)OCCCN)C(F)(F)F.C=C(C)C(=O)OCCCCCCN.C=C(C)C(=O)OCCCCCN.C=C(C)C(=O)OCCCCN.C=C(C)C(=O)OCCCN.C=CC(=O)OCCCCCCN.C=CC(=O)OCCCCCN.C=CC(=O)OCCCCN.C=CC(=O)OCCCN. The van der Waals surface area contributed by atoms with Gasteiger partial charge in [0, 0.05) is 46.6 Å². The van der Waals surface area contributed by atoms with E-state index < -0.39 is 70.9 Å². The first-order valence-corrected chi connectivity index (χ1v) is 47.1. The third-order valence-electron chi connectivity index (χ3n) is 15.9. The maximum atomic E-state index is 12.0. The zero-order valence-corrected chi connectivity index (χ0v) is 86.2. The lowest BCUT2D eigenvalue weighted by molar-refractivity contribution is -0.152. The first-order valence-electron chi connectivity index (χ1n) is 47.1. The average Bonchev–Trinajstić information content (AvgIpc) is 0.899. The Balaban J connectivity index is -0.000000135. The molecule has 0 bridgehead atoms. The minimum Gasteiger partial charge on any atom is -0.463 e. The smallest absolute Gasteiger partial charge is 0.422 e. The van der Waals surface area contributed by atoms with Gasteiger partial charge in [-0.05, 0) is 260 Å². The molecular formula is C98H172F12N12O24. The zero-order chi connectivity index (χ0) is 115. The summed E-state index contributed by atoms with van der Waals surface area (Å²) in [7, 11) is 0. The molecule has 0 aromatic rings. The highest BCUT2D eigenvalue weighted by atomic mass is 19.4. The maximum absolute atomic E-state index is 12.0. The van der Waals surface area contributed by atoms with E-state index in [1.54, 1.807) is 27.7 Å². The van der Waals surface area contributed by atoms with Crippen LogP contribution >= 0.6 is 0 Å². The molecule has 36 nitrogen and oxygen atoms in total. The van der Waals surface area contributed by atoms with Crippen LogP contribution in [0.15, 0.2) is 148 Å². The van der Waals surface area contributed by atoms with Gasteiger partial charge in [-0.15, -0.1) is 0 Å². The molecule has 0 radical (unpaired) electrons. The van der Waals surface area contributed by atoms with Crippen molar-refractivity contribution in [1.82, 2.24) is 0 Å². The number of carbonyl (C=O) groups excluding carboxylic acids is 12. The van der Waals surface area contributed by atoms with E-state index in [4.69, 9.17) is 97.2 Å². The molecule has 0 saturated carbocycles. The fourth-order valence-corrected chi connectivity index (χ4v) is 7.61. The summed E-state index contributed by atoms with van der Waals surface area (Å²) in [5.74, 6) is -8.36. The summed E-state index contributed by atoms with van der Waals surface area (Å²) in [6.45, 7) is 54.3. The Hall–Kier alpha value is -10.8. The van der Waals surface area contributed by atoms with E-state index in [0.29, 0.717) is 179 Å². The second-order valence-corrected chi connectivity index (χ2v) is 29.7. The molecule has 0 aliphatic rings. The van der Waals surface area contributed by atoms with Gasteiger partial charge in [0.25, 0.3) is 0 Å². The van der Waals surface area contributed by atoms with Gasteiger partial charge in [-0.25, -0.2) is 57.5 Å². The standard InChI is InChI=1S/C10H16F3NO2.C10H19NO2.C9H14F3NO2.2C9H17NO2.C8H12F3NO2.2C8H15NO2.C7H10F3NO2.2C7H13NO2.C6H11NO2/c1-8(10(11,12)13)9(15)16-7-5-3-2-4-6-14;1-9(2)10(12)13-8-6-4-3-5-7-11;1-7(9(10,11)12)8(14)15-6-4-2-3-5-13;1-8(2)9(11)12-7-5-3-4-6-10;1-2-9(11)12-8-6-4-3-5-7-10;1-6(8(9,10)11)7(13)14-5-3-2-4-12;1-7(2)8(10)11-6-4-3-5-9;1-2-8(10)11-7-5-3-4-6-9;1-5(7(8,9)10)6(12)13-4-2-3-11;1-6(2)7(9)10-5-3-4-8;1-2-7(9)10-6-4-3-5-8;1-2-6(8)9-5-3-4-7/h1-7,14H2;1,3-8,11H2,2H3;1-6,13H2;1,3-7,10H2,2H3;2H,1,3-8,10H2;1-5,12H2;1,3-6,9H2,2H3;2H,1,3-7,9H2;1-4,11H2;1,3-5,8H2,2H3;2H,1,3-6,8H2;2H,1,3-5,7H2. The number of carbonyl (C=O) groups is 12. The largest absolute Gasteiger partial charge is 0.463 e. The van der Waals surface area contributed by atoms with Crippen LogP contribution in [-0.4, -0.2) is 254 Å². The molecule has 0 saturated heterocycles. The normalized spacial score (nSPS) is 10.0. The van der Waals surface area contributed by atoms with Gasteiger partial charge < -0.3 is 126 Å². The van der Waals surface area contributed by atoms with Gasteiger partial charge in [-0.2, -0.15) is 52.7 Å². The van der Waals surface area contributed by atoms with Crippen molar-refractivity contribution in [3.05, 3.63) is 148 Å². The number of rotatable bonds is 66. The van der Waals surface area contributed by atoms with E-state index in [1.165, 1.54) is 12.2 Å². The molecule has 0 aliphatic carbocycles. The molecule has 0 aromatic heterocycles. The Labute approximate surface area is 854 Å². The molecule has 0 atom stereocenters. The molecule has 146 heavy (non-hydrogen) atoms. The quantitative estimate of drug-likeness (QED) is 0.00884. The molecule has 0 aromatic carbocycles. The fourth-order valence-electron chi connectivity index (χ4n) is 7.61. The molecular weight excluding hydrogens is 1960 g/mol. The Morgan fingerprint density at radius 1 is 0.178 bits per heavy atom. The predicted molar refractivity (Wildman–Crippen MR) is 539 cm³/mol.